The molecule has 159 valence electrons. The van der Waals surface area contributed by atoms with Crippen LogP contribution in [0.1, 0.15) is 33.4 Å². The summed E-state index contributed by atoms with van der Waals surface area (Å²) in [7, 11) is -3.64. The average molecular weight is 463 g/mol. The predicted molar refractivity (Wildman–Crippen MR) is 127 cm³/mol. The largest absolute Gasteiger partial charge is 0.299 e. The molecule has 0 amide bonds. The summed E-state index contributed by atoms with van der Waals surface area (Å²) < 4.78 is 29.1. The van der Waals surface area contributed by atoms with Crippen molar-refractivity contribution < 1.29 is 8.42 Å². The summed E-state index contributed by atoms with van der Waals surface area (Å²) in [5, 5.41) is 2.55. The van der Waals surface area contributed by atoms with Gasteiger partial charge >= 0.3 is 0 Å². The number of nitrogens with zero attached hydrogens (tertiary/aromatic N) is 1. The van der Waals surface area contributed by atoms with Crippen molar-refractivity contribution in [1.82, 2.24) is 9.71 Å². The molecule has 0 bridgehead atoms. The molecule has 30 heavy (non-hydrogen) atoms. The van der Waals surface area contributed by atoms with E-state index in [1.165, 1.54) is 0 Å². The van der Waals surface area contributed by atoms with Crippen LogP contribution in [0, 0.1) is 6.92 Å². The minimum absolute atomic E-state index is 0.204. The summed E-state index contributed by atoms with van der Waals surface area (Å²) in [5.74, 6) is 0. The Morgan fingerprint density at radius 3 is 2.50 bits per heavy atom. The third kappa shape index (κ3) is 5.60. The summed E-state index contributed by atoms with van der Waals surface area (Å²) in [4.78, 5) is 5.43. The lowest BCUT2D eigenvalue weighted by atomic mass is 9.90. The van der Waals surface area contributed by atoms with Crippen LogP contribution in [0.2, 0.25) is 5.02 Å². The summed E-state index contributed by atoms with van der Waals surface area (Å²) in [6, 6.07) is 11.0. The number of nitrogens with one attached hydrogen (secondary N) is 2. The highest BCUT2D eigenvalue weighted by Gasteiger charge is 2.17. The van der Waals surface area contributed by atoms with E-state index in [9.17, 15) is 8.42 Å². The summed E-state index contributed by atoms with van der Waals surface area (Å²) in [6.45, 7) is 11.7. The summed E-state index contributed by atoms with van der Waals surface area (Å²) in [5.41, 5.74) is 4.05. The topological polar surface area (TPSA) is 71.1 Å². The minimum Gasteiger partial charge on any atom is -0.271 e. The number of thiophene rings is 1. The number of pyridine rings is 1. The van der Waals surface area contributed by atoms with Gasteiger partial charge in [-0.05, 0) is 73.7 Å². The molecule has 0 atom stereocenters. The van der Waals surface area contributed by atoms with Gasteiger partial charge in [-0.2, -0.15) is 13.1 Å². The Hall–Kier alpha value is -1.93. The number of anilines is 1. The van der Waals surface area contributed by atoms with Crippen LogP contribution in [0.5, 0.6) is 0 Å². The fourth-order valence-corrected chi connectivity index (χ4v) is 5.30. The molecule has 0 unspecified atom stereocenters. The molecule has 2 aromatic heterocycles. The molecule has 0 saturated carbocycles. The van der Waals surface area contributed by atoms with Crippen molar-refractivity contribution in [1.29, 1.82) is 0 Å². The molecule has 0 aliphatic carbocycles. The molecule has 0 spiro atoms. The smallest absolute Gasteiger partial charge is 0.271 e. The molecule has 1 aromatic carbocycles. The Morgan fingerprint density at radius 1 is 1.13 bits per heavy atom. The van der Waals surface area contributed by atoms with E-state index >= 15 is 0 Å². The maximum Gasteiger partial charge on any atom is 0.299 e. The number of hydrogen-bond donors (Lipinski definition) is 2. The van der Waals surface area contributed by atoms with Gasteiger partial charge in [0.1, 0.15) is 0 Å². The van der Waals surface area contributed by atoms with Crippen molar-refractivity contribution in [2.45, 2.75) is 39.2 Å². The van der Waals surface area contributed by atoms with E-state index in [0.717, 1.165) is 27.3 Å². The van der Waals surface area contributed by atoms with Gasteiger partial charge < -0.3 is 0 Å². The molecule has 0 aliphatic heterocycles. The normalized spacial score (nSPS) is 12.4. The van der Waals surface area contributed by atoms with Gasteiger partial charge in [-0.1, -0.05) is 25.4 Å². The molecule has 2 N–H and O–H groups in total. The predicted octanol–water partition coefficient (Wildman–Crippen LogP) is 5.90. The monoisotopic (exact) mass is 462 g/mol. The van der Waals surface area contributed by atoms with Crippen LogP contribution in [0.25, 0.3) is 21.6 Å². The summed E-state index contributed by atoms with van der Waals surface area (Å²) >= 11 is 8.05. The Morgan fingerprint density at radius 2 is 1.87 bits per heavy atom. The first-order chi connectivity index (χ1) is 13.9. The molecule has 3 rings (SSSR count). The Bertz CT molecular complexity index is 1150. The highest BCUT2D eigenvalue weighted by molar-refractivity contribution is 7.90. The van der Waals surface area contributed by atoms with Gasteiger partial charge in [-0.15, -0.1) is 11.3 Å². The van der Waals surface area contributed by atoms with E-state index < -0.39 is 10.2 Å². The van der Waals surface area contributed by atoms with Crippen LogP contribution >= 0.6 is 22.9 Å². The van der Waals surface area contributed by atoms with Crippen LogP contribution in [0.4, 0.5) is 5.69 Å². The number of hydrogen-bond acceptors (Lipinski definition) is 4. The van der Waals surface area contributed by atoms with Crippen LogP contribution in [0.3, 0.4) is 0 Å². The van der Waals surface area contributed by atoms with Gasteiger partial charge in [0.15, 0.2) is 0 Å². The zero-order chi connectivity index (χ0) is 22.1. The molecular formula is C22H25ClN3O2S2. The van der Waals surface area contributed by atoms with Crippen LogP contribution < -0.4 is 9.44 Å². The summed E-state index contributed by atoms with van der Waals surface area (Å²) in [6.07, 6.45) is 1.80. The third-order valence-electron chi connectivity index (χ3n) is 4.26. The van der Waals surface area contributed by atoms with E-state index in [4.69, 9.17) is 11.6 Å². The quantitative estimate of drug-likeness (QED) is 0.459. The molecule has 2 heterocycles. The van der Waals surface area contributed by atoms with Crippen molar-refractivity contribution in [3.8, 4) is 21.6 Å². The van der Waals surface area contributed by atoms with E-state index in [-0.39, 0.29) is 11.5 Å². The van der Waals surface area contributed by atoms with Gasteiger partial charge in [0, 0.05) is 33.8 Å². The second-order valence-corrected chi connectivity index (χ2v) is 10.9. The maximum atomic E-state index is 12.1. The van der Waals surface area contributed by atoms with Gasteiger partial charge in [-0.3, -0.25) is 9.71 Å². The van der Waals surface area contributed by atoms with Crippen molar-refractivity contribution in [2.75, 3.05) is 4.72 Å². The van der Waals surface area contributed by atoms with Gasteiger partial charge in [-0.25, -0.2) is 0 Å². The van der Waals surface area contributed by atoms with E-state index in [1.807, 2.05) is 26.0 Å². The van der Waals surface area contributed by atoms with E-state index in [2.05, 4.69) is 38.9 Å². The van der Waals surface area contributed by atoms with Crippen molar-refractivity contribution in [3.63, 3.8) is 0 Å². The number of rotatable bonds is 7. The second kappa shape index (κ2) is 8.67. The second-order valence-electron chi connectivity index (χ2n) is 8.09. The van der Waals surface area contributed by atoms with Crippen LogP contribution in [-0.4, -0.2) is 19.4 Å². The number of benzene rings is 1. The highest BCUT2D eigenvalue weighted by atomic mass is 35.5. The molecule has 0 fully saturated rings. The molecule has 0 saturated heterocycles. The lowest BCUT2D eigenvalue weighted by Gasteiger charge is -2.17. The molecule has 5 nitrogen and oxygen atoms in total. The van der Waals surface area contributed by atoms with Crippen LogP contribution in [-0.2, 0) is 15.6 Å². The Labute approximate surface area is 187 Å². The first kappa shape index (κ1) is 22.7. The zero-order valence-corrected chi connectivity index (χ0v) is 19.8. The van der Waals surface area contributed by atoms with Crippen LogP contribution in [0.15, 0.2) is 48.0 Å². The standard InChI is InChI=1S/C22H25ClN3O2S2/c1-14(2)25-30(27,28)26-17-6-7-18(19(23)12-17)20-10-16(13-29-20)15-8-9-24-21(11-15)22(3,4)5/h6-14,25-26H,3H2,1-2,4-5H3. The molecule has 8 heteroatoms. The Balaban J connectivity index is 1.86. The molecule has 1 radical (unpaired) electrons. The molecule has 3 aromatic rings. The number of halogens is 1. The fourth-order valence-electron chi connectivity index (χ4n) is 2.88. The first-order valence-electron chi connectivity index (χ1n) is 9.45. The van der Waals surface area contributed by atoms with Gasteiger partial charge in [0.05, 0.1) is 10.7 Å². The first-order valence-corrected chi connectivity index (χ1v) is 12.2. The minimum atomic E-state index is -3.64. The van der Waals surface area contributed by atoms with Crippen molar-refractivity contribution in [3.05, 3.63) is 65.6 Å². The lowest BCUT2D eigenvalue weighted by molar-refractivity contribution is 0.575. The Kier molecular flexibility index (Phi) is 6.57. The fraction of sp³-hybridized carbons (Fsp3) is 0.273. The van der Waals surface area contributed by atoms with Gasteiger partial charge in [0.2, 0.25) is 0 Å². The SMILES string of the molecule is [CH2]C(C)(C)c1cc(-c2csc(-c3ccc(NS(=O)(=O)NC(C)C)cc3Cl)c2)ccn1. The lowest BCUT2D eigenvalue weighted by Crippen LogP contribution is -2.35. The highest BCUT2D eigenvalue weighted by Crippen LogP contribution is 2.38. The third-order valence-corrected chi connectivity index (χ3v) is 6.83. The average Bonchev–Trinajstić information content (AvgIpc) is 3.09. The zero-order valence-electron chi connectivity index (χ0n) is 17.4. The molecule has 0 aliphatic rings. The van der Waals surface area contributed by atoms with Gasteiger partial charge in [0.25, 0.3) is 10.2 Å². The number of aromatic nitrogens is 1. The van der Waals surface area contributed by atoms with E-state index in [1.54, 1.807) is 43.5 Å². The maximum absolute atomic E-state index is 12.1. The van der Waals surface area contributed by atoms with Crippen molar-refractivity contribution >= 4 is 38.8 Å². The van der Waals surface area contributed by atoms with E-state index in [0.29, 0.717) is 10.7 Å². The molecular weight excluding hydrogens is 438 g/mol. The van der Waals surface area contributed by atoms with Crippen molar-refractivity contribution in [2.24, 2.45) is 0 Å².